The van der Waals surface area contributed by atoms with Crippen LogP contribution in [0.4, 0.5) is 0 Å². The van der Waals surface area contributed by atoms with Gasteiger partial charge in [-0.05, 0) is 12.8 Å². The van der Waals surface area contributed by atoms with Crippen molar-refractivity contribution in [2.75, 3.05) is 6.54 Å². The van der Waals surface area contributed by atoms with Gasteiger partial charge in [0, 0.05) is 13.1 Å². The fourth-order valence-corrected chi connectivity index (χ4v) is 0.669. The van der Waals surface area contributed by atoms with Gasteiger partial charge in [-0.1, -0.05) is 0 Å². The van der Waals surface area contributed by atoms with E-state index in [1.807, 2.05) is 0 Å². The highest BCUT2D eigenvalue weighted by atomic mass is 28.4. The molecular formula is C7H20N4O5Si. The molecule has 0 spiro atoms. The Balaban J connectivity index is 0. The summed E-state index contributed by atoms with van der Waals surface area (Å²) < 4.78 is 0. The number of nitrogens with one attached hydrogen (secondary N) is 2. The zero-order valence-electron chi connectivity index (χ0n) is 9.55. The van der Waals surface area contributed by atoms with Crippen molar-refractivity contribution in [3.63, 3.8) is 0 Å². The van der Waals surface area contributed by atoms with Gasteiger partial charge < -0.3 is 36.3 Å². The van der Waals surface area contributed by atoms with E-state index in [1.165, 1.54) is 0 Å². The summed E-state index contributed by atoms with van der Waals surface area (Å²) in [4.78, 5) is 33.5. The Kier molecular flexibility index (Phi) is 9.50. The maximum atomic E-state index is 10.2. The van der Waals surface area contributed by atoms with Crippen LogP contribution in [0.1, 0.15) is 12.8 Å². The molecule has 102 valence electrons. The molecule has 10 heteroatoms. The summed E-state index contributed by atoms with van der Waals surface area (Å²) in [5.74, 6) is -1.11. The molecule has 0 aromatic rings. The third kappa shape index (κ3) is 25.2. The molecule has 17 heavy (non-hydrogen) atoms. The van der Waals surface area contributed by atoms with E-state index in [0.717, 1.165) is 6.55 Å². The molecule has 0 aliphatic rings. The predicted octanol–water partition coefficient (Wildman–Crippen LogP) is -2.81. The van der Waals surface area contributed by atoms with Gasteiger partial charge in [-0.25, -0.2) is 0 Å². The highest BCUT2D eigenvalue weighted by Gasteiger charge is 2.14. The Bertz CT molecular complexity index is 239. The normalized spacial score (nSPS) is 12.1. The largest absolute Gasteiger partial charge is 0.489 e. The van der Waals surface area contributed by atoms with E-state index in [0.29, 0.717) is 19.4 Å². The van der Waals surface area contributed by atoms with Crippen molar-refractivity contribution in [3.05, 3.63) is 0 Å². The lowest BCUT2D eigenvalue weighted by molar-refractivity contribution is -0.138. The Morgan fingerprint density at radius 1 is 1.47 bits per heavy atom. The molecule has 0 heterocycles. The number of carboxylic acid groups (broad SMARTS) is 1. The Morgan fingerprint density at radius 2 is 1.88 bits per heavy atom. The van der Waals surface area contributed by atoms with E-state index in [2.05, 4.69) is 5.32 Å². The van der Waals surface area contributed by atoms with Crippen molar-refractivity contribution >= 4 is 20.7 Å². The van der Waals surface area contributed by atoms with E-state index in [4.69, 9.17) is 36.4 Å². The third-order valence-electron chi connectivity index (χ3n) is 1.32. The van der Waals surface area contributed by atoms with Crippen LogP contribution >= 0.6 is 0 Å². The first kappa shape index (κ1) is 18.2. The number of aliphatic carboxylic acids is 1. The molecule has 0 amide bonds. The number of rotatable bonds is 5. The van der Waals surface area contributed by atoms with Crippen LogP contribution in [-0.2, 0) is 4.79 Å². The zero-order valence-corrected chi connectivity index (χ0v) is 10.6. The van der Waals surface area contributed by atoms with Crippen molar-refractivity contribution in [2.24, 2.45) is 11.5 Å². The van der Waals surface area contributed by atoms with E-state index in [1.54, 1.807) is 0 Å². The van der Waals surface area contributed by atoms with Crippen LogP contribution in [-0.4, -0.2) is 52.8 Å². The molecule has 0 saturated carbocycles. The van der Waals surface area contributed by atoms with Gasteiger partial charge in [-0.2, -0.15) is 0 Å². The highest BCUT2D eigenvalue weighted by Crippen LogP contribution is 1.92. The average molecular weight is 268 g/mol. The van der Waals surface area contributed by atoms with E-state index >= 15 is 0 Å². The quantitative estimate of drug-likeness (QED) is 0.113. The van der Waals surface area contributed by atoms with Crippen LogP contribution in [0.2, 0.25) is 6.55 Å². The van der Waals surface area contributed by atoms with E-state index in [9.17, 15) is 4.79 Å². The molecule has 0 aliphatic carbocycles. The van der Waals surface area contributed by atoms with Gasteiger partial charge in [0.05, 0.1) is 0 Å². The van der Waals surface area contributed by atoms with Gasteiger partial charge in [0.2, 0.25) is 0 Å². The fraction of sp³-hybridized carbons (Fsp3) is 0.714. The monoisotopic (exact) mass is 268 g/mol. The highest BCUT2D eigenvalue weighted by molar-refractivity contribution is 6.54. The summed E-state index contributed by atoms with van der Waals surface area (Å²) in [5, 5.41) is 17.7. The van der Waals surface area contributed by atoms with Gasteiger partial charge in [0.15, 0.2) is 5.96 Å². The molecule has 0 saturated heterocycles. The number of hydrogen-bond acceptors (Lipinski definition) is 6. The van der Waals surface area contributed by atoms with Gasteiger partial charge in [0.25, 0.3) is 0 Å². The van der Waals surface area contributed by atoms with Crippen LogP contribution in [0.3, 0.4) is 0 Å². The fourth-order valence-electron chi connectivity index (χ4n) is 0.669. The molecule has 0 aliphatic heterocycles. The smallest absolute Gasteiger partial charge is 0.480 e. The molecule has 0 bridgehead atoms. The van der Waals surface area contributed by atoms with Crippen molar-refractivity contribution < 1.29 is 24.3 Å². The lowest BCUT2D eigenvalue weighted by Crippen LogP contribution is -2.34. The summed E-state index contributed by atoms with van der Waals surface area (Å²) >= 11 is 0. The predicted molar refractivity (Wildman–Crippen MR) is 63.0 cm³/mol. The number of nitrogens with two attached hydrogens (primary N) is 2. The molecule has 0 radical (unpaired) electrons. The van der Waals surface area contributed by atoms with Gasteiger partial charge in [-0.15, -0.1) is 0 Å². The van der Waals surface area contributed by atoms with Crippen LogP contribution in [0.15, 0.2) is 0 Å². The second-order valence-corrected chi connectivity index (χ2v) is 5.34. The second kappa shape index (κ2) is 8.89. The maximum Gasteiger partial charge on any atom is 0.489 e. The topological polar surface area (TPSA) is 186 Å². The Hall–Kier alpha value is -1.20. The first-order chi connectivity index (χ1) is 7.54. The second-order valence-electron chi connectivity index (χ2n) is 3.40. The SMILES string of the molecule is C[Si](O)(O)O.N=C(N)NCCC[C@H](N)C(=O)O. The average Bonchev–Trinajstić information content (AvgIpc) is 2.08. The van der Waals surface area contributed by atoms with Crippen molar-refractivity contribution in [1.29, 1.82) is 5.41 Å². The van der Waals surface area contributed by atoms with Crippen LogP contribution in [0.5, 0.6) is 0 Å². The van der Waals surface area contributed by atoms with Gasteiger partial charge in [0.1, 0.15) is 6.04 Å². The van der Waals surface area contributed by atoms with Crippen molar-refractivity contribution in [2.45, 2.75) is 25.4 Å². The lowest BCUT2D eigenvalue weighted by atomic mass is 10.2. The minimum Gasteiger partial charge on any atom is -0.480 e. The molecule has 0 fully saturated rings. The van der Waals surface area contributed by atoms with Gasteiger partial charge >= 0.3 is 14.8 Å². The number of hydrogen-bond donors (Lipinski definition) is 8. The minimum absolute atomic E-state index is 0.112. The maximum absolute atomic E-state index is 10.2. The van der Waals surface area contributed by atoms with Crippen LogP contribution in [0.25, 0.3) is 0 Å². The Labute approximate surface area is 99.9 Å². The molecule has 9 nitrogen and oxygen atoms in total. The van der Waals surface area contributed by atoms with Crippen molar-refractivity contribution in [1.82, 2.24) is 5.32 Å². The number of guanidine groups is 1. The molecule has 0 unspecified atom stereocenters. The first-order valence-electron chi connectivity index (χ1n) is 4.77. The third-order valence-corrected chi connectivity index (χ3v) is 1.32. The van der Waals surface area contributed by atoms with Gasteiger partial charge in [-0.3, -0.25) is 10.2 Å². The van der Waals surface area contributed by atoms with E-state index < -0.39 is 20.8 Å². The van der Waals surface area contributed by atoms with E-state index in [-0.39, 0.29) is 5.96 Å². The summed E-state index contributed by atoms with van der Waals surface area (Å²) in [7, 11) is -3.61. The van der Waals surface area contributed by atoms with Crippen LogP contribution in [0, 0.1) is 5.41 Å². The molecule has 10 N–H and O–H groups in total. The standard InChI is InChI=1S/C6H14N4O2.CH6O3Si/c7-4(5(11)12)2-1-3-10-6(8)9;1-5(2,3)4/h4H,1-3,7H2,(H,11,12)(H4,8,9,10);2-4H,1H3/t4-;/m0./s1. The lowest BCUT2D eigenvalue weighted by Gasteiger charge is -2.06. The Morgan fingerprint density at radius 3 is 2.18 bits per heavy atom. The summed E-state index contributed by atoms with van der Waals surface area (Å²) in [5.41, 5.74) is 10.2. The van der Waals surface area contributed by atoms with Crippen LogP contribution < -0.4 is 16.8 Å². The molecule has 1 atom stereocenters. The molecular weight excluding hydrogens is 248 g/mol. The number of carboxylic acids is 1. The first-order valence-corrected chi connectivity index (χ1v) is 7.11. The zero-order chi connectivity index (χ0) is 14.1. The summed E-state index contributed by atoms with van der Waals surface area (Å²) in [6, 6.07) is -0.821. The number of carbonyl (C=O) groups is 1. The molecule has 0 aromatic heterocycles. The van der Waals surface area contributed by atoms with Crippen molar-refractivity contribution in [3.8, 4) is 0 Å². The summed E-state index contributed by atoms with van der Waals surface area (Å²) in [6.07, 6.45) is 0.975. The molecule has 0 rings (SSSR count). The summed E-state index contributed by atoms with van der Waals surface area (Å²) in [6.45, 7) is 1.48. The molecule has 0 aromatic carbocycles. The minimum atomic E-state index is -3.61.